The molecule has 6 N–H and O–H groups in total. The van der Waals surface area contributed by atoms with Crippen molar-refractivity contribution in [2.45, 2.75) is 70.1 Å². The molecule has 39 heavy (non-hydrogen) atoms. The largest absolute Gasteiger partial charge is 0.405 e. The fourth-order valence-electron chi connectivity index (χ4n) is 4.70. The smallest absolute Gasteiger partial charge is 0.395 e. The molecule has 6 unspecified atom stereocenters. The summed E-state index contributed by atoms with van der Waals surface area (Å²) in [5.41, 5.74) is 2.42. The van der Waals surface area contributed by atoms with Crippen molar-refractivity contribution in [3.63, 3.8) is 0 Å². The van der Waals surface area contributed by atoms with Crippen LogP contribution in [0.5, 0.6) is 0 Å². The highest BCUT2D eigenvalue weighted by molar-refractivity contribution is 8.13. The number of fused-ring (bicyclic) bond motifs is 2. The van der Waals surface area contributed by atoms with Crippen LogP contribution in [0.2, 0.25) is 5.15 Å². The second-order valence-corrected chi connectivity index (χ2v) is 13.9. The molecule has 0 radical (unpaired) electrons. The van der Waals surface area contributed by atoms with Crippen LogP contribution in [-0.4, -0.2) is 95.0 Å². The molecular formula is C22H34ClN6O8PS. The Hall–Kier alpha value is -1.39. The van der Waals surface area contributed by atoms with Crippen molar-refractivity contribution < 1.29 is 38.5 Å². The predicted molar refractivity (Wildman–Crippen MR) is 144 cm³/mol. The lowest BCUT2D eigenvalue weighted by atomic mass is 9.97. The van der Waals surface area contributed by atoms with Gasteiger partial charge in [-0.3, -0.25) is 13.8 Å². The number of nitrogens with zero attached hydrogens (tertiary/aromatic N) is 4. The van der Waals surface area contributed by atoms with Gasteiger partial charge in [0.05, 0.1) is 31.6 Å². The molecule has 17 heteroatoms. The van der Waals surface area contributed by atoms with Gasteiger partial charge in [0.1, 0.15) is 35.0 Å². The molecule has 2 fully saturated rings. The van der Waals surface area contributed by atoms with Crippen molar-refractivity contribution in [3.05, 3.63) is 11.5 Å². The number of aliphatic hydroxyl groups excluding tert-OH is 2. The van der Waals surface area contributed by atoms with Crippen molar-refractivity contribution in [2.24, 2.45) is 5.41 Å². The van der Waals surface area contributed by atoms with Crippen molar-refractivity contribution in [2.75, 3.05) is 31.3 Å². The lowest BCUT2D eigenvalue weighted by molar-refractivity contribution is -0.119. The predicted octanol–water partition coefficient (Wildman–Crippen LogP) is 1.28. The summed E-state index contributed by atoms with van der Waals surface area (Å²) in [6, 6.07) is -1.04. The van der Waals surface area contributed by atoms with E-state index in [0.717, 1.165) is 11.8 Å². The maximum Gasteiger partial charge on any atom is 0.405 e. The van der Waals surface area contributed by atoms with Crippen LogP contribution in [0.4, 0.5) is 5.95 Å². The number of aromatic nitrogens is 4. The SMILES string of the molecule is CC(C)NP(=O)(OCCSC(=O)C(C)(C)CO)OCC1OC2(C)C(n3cnc4c(Cl)nc(N)nc43)C2(O)C1O. The summed E-state index contributed by atoms with van der Waals surface area (Å²) in [6.07, 6.45) is -1.03. The summed E-state index contributed by atoms with van der Waals surface area (Å²) in [6.45, 7) is 7.67. The Morgan fingerprint density at radius 2 is 2.10 bits per heavy atom. The number of carbonyl (C=O) groups is 1. The second-order valence-electron chi connectivity index (χ2n) is 10.7. The maximum atomic E-state index is 13.4. The Labute approximate surface area is 234 Å². The first-order chi connectivity index (χ1) is 18.1. The van der Waals surface area contributed by atoms with E-state index in [2.05, 4.69) is 20.0 Å². The summed E-state index contributed by atoms with van der Waals surface area (Å²) in [5.74, 6) is 0.118. The van der Waals surface area contributed by atoms with Crippen molar-refractivity contribution >= 4 is 53.3 Å². The molecule has 0 spiro atoms. The van der Waals surface area contributed by atoms with Gasteiger partial charge in [-0.2, -0.15) is 9.97 Å². The van der Waals surface area contributed by atoms with E-state index in [1.54, 1.807) is 34.6 Å². The molecule has 1 saturated carbocycles. The standard InChI is InChI=1S/C22H34ClN6O8PS/c1-11(2)28-38(34,35-6-7-39-18(32)20(3,4)9-30)36-8-12-14(31)22(33)17(21(22,5)37-12)29-10-25-13-15(23)26-19(24)27-16(13)29/h10-12,14,17,30-31,33H,6-9H2,1-5H3,(H,28,34)(H2,24,26,27). The molecule has 0 amide bonds. The molecule has 3 heterocycles. The zero-order valence-electron chi connectivity index (χ0n) is 22.2. The summed E-state index contributed by atoms with van der Waals surface area (Å²) in [5, 5.41) is 34.4. The van der Waals surface area contributed by atoms with Gasteiger partial charge in [0.25, 0.3) is 0 Å². The molecule has 14 nitrogen and oxygen atoms in total. The van der Waals surface area contributed by atoms with Crippen molar-refractivity contribution in [1.82, 2.24) is 24.6 Å². The van der Waals surface area contributed by atoms with Gasteiger partial charge in [0.2, 0.25) is 5.95 Å². The van der Waals surface area contributed by atoms with E-state index < -0.39 is 42.6 Å². The second kappa shape index (κ2) is 10.8. The lowest BCUT2D eigenvalue weighted by Gasteiger charge is -2.27. The van der Waals surface area contributed by atoms with Gasteiger partial charge in [-0.1, -0.05) is 23.4 Å². The number of ether oxygens (including phenoxy) is 1. The van der Waals surface area contributed by atoms with E-state index in [4.69, 9.17) is 31.1 Å². The van der Waals surface area contributed by atoms with Crippen LogP contribution in [-0.2, 0) is 23.1 Å². The molecule has 2 aromatic rings. The number of hydrogen-bond acceptors (Lipinski definition) is 13. The highest BCUT2D eigenvalue weighted by atomic mass is 35.5. The Kier molecular flexibility index (Phi) is 8.45. The number of thioether (sulfide) groups is 1. The minimum atomic E-state index is -3.88. The molecule has 218 valence electrons. The summed E-state index contributed by atoms with van der Waals surface area (Å²) < 4.78 is 32.0. The highest BCUT2D eigenvalue weighted by Gasteiger charge is 2.85. The third-order valence-corrected chi connectivity index (χ3v) is 10.2. The number of nitrogens with two attached hydrogens (primary N) is 1. The Morgan fingerprint density at radius 3 is 2.69 bits per heavy atom. The normalized spacial score (nSPS) is 30.1. The highest BCUT2D eigenvalue weighted by Crippen LogP contribution is 2.68. The Bertz CT molecular complexity index is 1300. The molecule has 2 aliphatic rings. The van der Waals surface area contributed by atoms with Gasteiger partial charge >= 0.3 is 7.75 Å². The molecule has 2 aromatic heterocycles. The van der Waals surface area contributed by atoms with E-state index in [-0.39, 0.29) is 59.0 Å². The molecule has 6 atom stereocenters. The molecule has 4 rings (SSSR count). The monoisotopic (exact) mass is 608 g/mol. The first kappa shape index (κ1) is 30.6. The van der Waals surface area contributed by atoms with Crippen LogP contribution in [0.3, 0.4) is 0 Å². The number of anilines is 1. The number of nitrogens with one attached hydrogen (secondary N) is 1. The fraction of sp³-hybridized carbons (Fsp3) is 0.727. The lowest BCUT2D eigenvalue weighted by Crippen LogP contribution is -2.40. The van der Waals surface area contributed by atoms with E-state index in [9.17, 15) is 24.7 Å². The topological polar surface area (TPSA) is 204 Å². The average Bonchev–Trinajstić information content (AvgIpc) is 3.08. The van der Waals surface area contributed by atoms with Crippen LogP contribution in [0.25, 0.3) is 11.2 Å². The average molecular weight is 609 g/mol. The number of aliphatic hydroxyl groups is 3. The summed E-state index contributed by atoms with van der Waals surface area (Å²) in [4.78, 5) is 24.4. The number of hydrogen-bond donors (Lipinski definition) is 5. The van der Waals surface area contributed by atoms with E-state index in [1.807, 2.05) is 0 Å². The molecular weight excluding hydrogens is 575 g/mol. The van der Waals surface area contributed by atoms with Gasteiger partial charge < -0.3 is 30.4 Å². The number of carbonyl (C=O) groups excluding carboxylic acids is 1. The fourth-order valence-corrected chi connectivity index (χ4v) is 7.38. The summed E-state index contributed by atoms with van der Waals surface area (Å²) >= 11 is 7.07. The van der Waals surface area contributed by atoms with Crippen LogP contribution in [0, 0.1) is 5.41 Å². The Morgan fingerprint density at radius 1 is 1.41 bits per heavy atom. The zero-order chi connectivity index (χ0) is 29.0. The minimum absolute atomic E-state index is 0.0558. The van der Waals surface area contributed by atoms with Gasteiger partial charge in [0, 0.05) is 11.8 Å². The first-order valence-electron chi connectivity index (χ1n) is 12.3. The quantitative estimate of drug-likeness (QED) is 0.131. The third-order valence-electron chi connectivity index (χ3n) is 6.87. The molecule has 1 aliphatic heterocycles. The van der Waals surface area contributed by atoms with E-state index in [1.165, 1.54) is 10.9 Å². The number of halogens is 1. The van der Waals surface area contributed by atoms with Crippen LogP contribution in [0.15, 0.2) is 6.33 Å². The van der Waals surface area contributed by atoms with Gasteiger partial charge in [0.15, 0.2) is 15.9 Å². The van der Waals surface area contributed by atoms with Gasteiger partial charge in [-0.05, 0) is 34.6 Å². The number of imidazole rings is 1. The minimum Gasteiger partial charge on any atom is -0.395 e. The van der Waals surface area contributed by atoms with Crippen molar-refractivity contribution in [1.29, 1.82) is 0 Å². The van der Waals surface area contributed by atoms with Gasteiger partial charge in [-0.15, -0.1) is 0 Å². The molecule has 0 bridgehead atoms. The summed E-state index contributed by atoms with van der Waals surface area (Å²) in [7, 11) is -3.88. The third kappa shape index (κ3) is 5.46. The van der Waals surface area contributed by atoms with Gasteiger partial charge in [-0.25, -0.2) is 14.6 Å². The maximum absolute atomic E-state index is 13.4. The van der Waals surface area contributed by atoms with Crippen LogP contribution in [0.1, 0.15) is 40.7 Å². The van der Waals surface area contributed by atoms with E-state index in [0.29, 0.717) is 0 Å². The van der Waals surface area contributed by atoms with Crippen molar-refractivity contribution in [3.8, 4) is 0 Å². The number of rotatable bonds is 12. The molecule has 1 saturated heterocycles. The first-order valence-corrected chi connectivity index (χ1v) is 15.2. The van der Waals surface area contributed by atoms with E-state index >= 15 is 0 Å². The Balaban J connectivity index is 1.40. The van der Waals surface area contributed by atoms with Crippen LogP contribution >= 0.6 is 31.1 Å². The zero-order valence-corrected chi connectivity index (χ0v) is 24.7. The number of nitrogen functional groups attached to an aromatic ring is 1. The molecule has 1 aliphatic carbocycles. The molecule has 0 aromatic carbocycles. The van der Waals surface area contributed by atoms with Crippen LogP contribution < -0.4 is 10.8 Å².